The number of hydrogen-bond acceptors (Lipinski definition) is 9. The quantitative estimate of drug-likeness (QED) is 0.354. The first-order valence-corrected chi connectivity index (χ1v) is 10.5. The minimum atomic E-state index is -5.35. The monoisotopic (exact) mass is 516 g/mol. The van der Waals surface area contributed by atoms with Crippen molar-refractivity contribution in [3.63, 3.8) is 0 Å². The van der Waals surface area contributed by atoms with Crippen LogP contribution in [0.15, 0.2) is 40.9 Å². The number of carboxylic acid groups (broad SMARTS) is 1. The first-order valence-electron chi connectivity index (χ1n) is 10.5. The molecule has 0 saturated carbocycles. The van der Waals surface area contributed by atoms with Gasteiger partial charge in [0.05, 0.1) is 36.9 Å². The molecule has 0 radical (unpaired) electrons. The van der Waals surface area contributed by atoms with Crippen LogP contribution in [0.5, 0.6) is 5.75 Å². The first kappa shape index (κ1) is 25.5. The lowest BCUT2D eigenvalue weighted by atomic mass is 9.87. The molecule has 13 heteroatoms. The molecule has 0 bridgehead atoms. The van der Waals surface area contributed by atoms with Crippen LogP contribution in [0.1, 0.15) is 22.6 Å². The molecule has 0 saturated heterocycles. The molecule has 4 aromatic rings. The van der Waals surface area contributed by atoms with Crippen LogP contribution in [0.3, 0.4) is 0 Å². The Kier molecular flexibility index (Phi) is 6.30. The van der Waals surface area contributed by atoms with Gasteiger partial charge < -0.3 is 33.1 Å². The van der Waals surface area contributed by atoms with Crippen molar-refractivity contribution in [2.45, 2.75) is 18.7 Å². The topological polar surface area (TPSA) is 140 Å². The summed E-state index contributed by atoms with van der Waals surface area (Å²) in [5.74, 6) is -2.51. The van der Waals surface area contributed by atoms with Gasteiger partial charge in [0.1, 0.15) is 24.0 Å². The second-order valence-electron chi connectivity index (χ2n) is 7.84. The molecule has 0 N–H and O–H groups in total. The van der Waals surface area contributed by atoms with E-state index in [0.29, 0.717) is 4.57 Å². The number of alkyl halides is 3. The molecule has 1 unspecified atom stereocenters. The lowest BCUT2D eigenvalue weighted by Gasteiger charge is -2.34. The first-order chi connectivity index (χ1) is 17.5. The van der Waals surface area contributed by atoms with E-state index in [9.17, 15) is 14.7 Å². The van der Waals surface area contributed by atoms with Crippen LogP contribution in [0.4, 0.5) is 18.0 Å². The molecule has 37 heavy (non-hydrogen) atoms. The zero-order valence-electron chi connectivity index (χ0n) is 19.5. The molecule has 0 fully saturated rings. The van der Waals surface area contributed by atoms with Crippen molar-refractivity contribution in [2.24, 2.45) is 0 Å². The van der Waals surface area contributed by atoms with Crippen molar-refractivity contribution >= 4 is 34.1 Å². The summed E-state index contributed by atoms with van der Waals surface area (Å²) >= 11 is 0. The third kappa shape index (κ3) is 4.01. The molecule has 0 aliphatic rings. The SMILES string of the molecule is COC(=O)COC(c1nc2cc(C#N)ccc2o1)(c1c(OC)cc(C)c2c1ccn2C(=O)[O-])C(F)(F)F. The minimum absolute atomic E-state index is 0.0843. The van der Waals surface area contributed by atoms with E-state index in [4.69, 9.17) is 19.2 Å². The summed E-state index contributed by atoms with van der Waals surface area (Å²) in [4.78, 5) is 27.6. The number of carbonyl (C=O) groups excluding carboxylic acids is 2. The molecule has 0 aliphatic heterocycles. The number of halogens is 3. The molecule has 0 aliphatic carbocycles. The summed E-state index contributed by atoms with van der Waals surface area (Å²) in [6.07, 6.45) is -6.02. The molecule has 2 aromatic heterocycles. The molecule has 2 heterocycles. The number of methoxy groups -OCH3 is 2. The summed E-state index contributed by atoms with van der Waals surface area (Å²) < 4.78 is 67.0. The highest BCUT2D eigenvalue weighted by atomic mass is 19.4. The largest absolute Gasteiger partial charge is 0.529 e. The Morgan fingerprint density at radius 2 is 1.95 bits per heavy atom. The summed E-state index contributed by atoms with van der Waals surface area (Å²) in [6.45, 7) is 0.291. The van der Waals surface area contributed by atoms with Crippen LogP contribution in [-0.4, -0.2) is 48.6 Å². The predicted molar refractivity (Wildman–Crippen MR) is 118 cm³/mol. The minimum Gasteiger partial charge on any atom is -0.529 e. The van der Waals surface area contributed by atoms with Gasteiger partial charge in [0.15, 0.2) is 5.58 Å². The number of ether oxygens (including phenoxy) is 3. The van der Waals surface area contributed by atoms with Crippen molar-refractivity contribution in [2.75, 3.05) is 20.8 Å². The maximum atomic E-state index is 15.3. The van der Waals surface area contributed by atoms with E-state index in [0.717, 1.165) is 26.5 Å². The Balaban J connectivity index is 2.17. The van der Waals surface area contributed by atoms with Gasteiger partial charge in [-0.1, -0.05) is 0 Å². The number of nitrogens with zero attached hydrogens (tertiary/aromatic N) is 3. The summed E-state index contributed by atoms with van der Waals surface area (Å²) in [5.41, 5.74) is -4.24. The molecule has 192 valence electrons. The Bertz CT molecular complexity index is 1580. The van der Waals surface area contributed by atoms with Crippen LogP contribution in [0.25, 0.3) is 22.0 Å². The lowest BCUT2D eigenvalue weighted by molar-refractivity contribution is -0.273. The number of esters is 1. The highest BCUT2D eigenvalue weighted by Gasteiger charge is 2.65. The smallest absolute Gasteiger partial charge is 0.431 e. The number of benzene rings is 2. The van der Waals surface area contributed by atoms with Gasteiger partial charge in [-0.15, -0.1) is 0 Å². The highest BCUT2D eigenvalue weighted by molar-refractivity contribution is 5.95. The predicted octanol–water partition coefficient (Wildman–Crippen LogP) is 3.16. The molecule has 0 spiro atoms. The molecular formula is C24H17F3N3O7-. The third-order valence-electron chi connectivity index (χ3n) is 5.74. The fourth-order valence-electron chi connectivity index (χ4n) is 4.14. The number of hydrogen-bond donors (Lipinski definition) is 0. The van der Waals surface area contributed by atoms with Gasteiger partial charge in [0.25, 0.3) is 5.60 Å². The highest BCUT2D eigenvalue weighted by Crippen LogP contribution is 2.53. The van der Waals surface area contributed by atoms with Crippen molar-refractivity contribution < 1.29 is 46.5 Å². The van der Waals surface area contributed by atoms with Crippen molar-refractivity contribution in [3.05, 3.63) is 59.1 Å². The van der Waals surface area contributed by atoms with Gasteiger partial charge in [-0.3, -0.25) is 0 Å². The third-order valence-corrected chi connectivity index (χ3v) is 5.74. The van der Waals surface area contributed by atoms with Gasteiger partial charge in [-0.2, -0.15) is 18.4 Å². The van der Waals surface area contributed by atoms with Crippen molar-refractivity contribution in [3.8, 4) is 11.8 Å². The van der Waals surface area contributed by atoms with E-state index in [2.05, 4.69) is 9.72 Å². The lowest BCUT2D eigenvalue weighted by Crippen LogP contribution is -2.47. The fraction of sp³-hybridized carbons (Fsp3) is 0.250. The Morgan fingerprint density at radius 1 is 1.22 bits per heavy atom. The number of nitriles is 1. The number of fused-ring (bicyclic) bond motifs is 2. The fourth-order valence-corrected chi connectivity index (χ4v) is 4.14. The standard InChI is InChI=1S/C24H18F3N3O7/c1-12-8-17(34-2)19(14-6-7-30(20(12)14)22(32)33)23(24(25,26)27,36-11-18(31)35-3)21-29-15-9-13(10-28)4-5-16(15)37-21/h4-9H,11H2,1-3H3,(H,32,33)/p-1. The van der Waals surface area contributed by atoms with Crippen LogP contribution in [0, 0.1) is 18.3 Å². The maximum absolute atomic E-state index is 15.3. The second-order valence-corrected chi connectivity index (χ2v) is 7.84. The van der Waals surface area contributed by atoms with E-state index in [1.165, 1.54) is 31.2 Å². The van der Waals surface area contributed by atoms with E-state index in [1.807, 2.05) is 6.07 Å². The van der Waals surface area contributed by atoms with Crippen molar-refractivity contribution in [1.29, 1.82) is 5.26 Å². The Morgan fingerprint density at radius 3 is 2.54 bits per heavy atom. The summed E-state index contributed by atoms with van der Waals surface area (Å²) in [7, 11) is 2.08. The number of aryl methyl sites for hydroxylation is 1. The van der Waals surface area contributed by atoms with Crippen LogP contribution in [0.2, 0.25) is 0 Å². The van der Waals surface area contributed by atoms with E-state index < -0.39 is 41.9 Å². The second kappa shape index (κ2) is 9.14. The number of rotatable bonds is 6. The maximum Gasteiger partial charge on any atom is 0.431 e. The molecule has 0 amide bonds. The molecule has 2 aromatic carbocycles. The number of aromatic nitrogens is 2. The van der Waals surface area contributed by atoms with Crippen LogP contribution < -0.4 is 9.84 Å². The summed E-state index contributed by atoms with van der Waals surface area (Å²) in [5, 5.41) is 20.6. The average Bonchev–Trinajstić information content (AvgIpc) is 3.48. The van der Waals surface area contributed by atoms with Gasteiger partial charge in [-0.25, -0.2) is 9.78 Å². The van der Waals surface area contributed by atoms with E-state index in [1.54, 1.807) is 0 Å². The molecular weight excluding hydrogens is 499 g/mol. The van der Waals surface area contributed by atoms with Gasteiger partial charge in [0, 0.05) is 11.6 Å². The summed E-state index contributed by atoms with van der Waals surface area (Å²) in [6, 6.07) is 7.98. The Hall–Kier alpha value is -4.57. The number of carbonyl (C=O) groups is 2. The van der Waals surface area contributed by atoms with E-state index in [-0.39, 0.29) is 38.9 Å². The van der Waals surface area contributed by atoms with Gasteiger partial charge in [-0.05, 0) is 42.8 Å². The van der Waals surface area contributed by atoms with Crippen molar-refractivity contribution in [1.82, 2.24) is 9.55 Å². The normalized spacial score (nSPS) is 13.3. The van der Waals surface area contributed by atoms with E-state index >= 15 is 13.2 Å². The molecule has 10 nitrogen and oxygen atoms in total. The van der Waals surface area contributed by atoms with Crippen LogP contribution in [-0.2, 0) is 19.9 Å². The zero-order valence-corrected chi connectivity index (χ0v) is 19.5. The molecule has 1 atom stereocenters. The van der Waals surface area contributed by atoms with Crippen LogP contribution >= 0.6 is 0 Å². The average molecular weight is 516 g/mol. The Labute approximate surface area is 206 Å². The zero-order chi connectivity index (χ0) is 27.1. The van der Waals surface area contributed by atoms with Gasteiger partial charge in [0.2, 0.25) is 5.89 Å². The number of oxazole rings is 1. The molecule has 4 rings (SSSR count). The van der Waals surface area contributed by atoms with Gasteiger partial charge >= 0.3 is 12.1 Å².